The van der Waals surface area contributed by atoms with E-state index >= 15 is 0 Å². The molecule has 0 aliphatic heterocycles. The summed E-state index contributed by atoms with van der Waals surface area (Å²) in [5.74, 6) is 0.375. The van der Waals surface area contributed by atoms with Gasteiger partial charge in [0.2, 0.25) is 0 Å². The molecule has 3 N–H and O–H groups in total. The van der Waals surface area contributed by atoms with Crippen molar-refractivity contribution >= 4 is 23.2 Å². The molecule has 0 aliphatic rings. The van der Waals surface area contributed by atoms with Crippen molar-refractivity contribution in [1.29, 1.82) is 0 Å². The lowest BCUT2D eigenvalue weighted by Gasteiger charge is -2.17. The van der Waals surface area contributed by atoms with Crippen molar-refractivity contribution in [3.05, 3.63) is 83.1 Å². The summed E-state index contributed by atoms with van der Waals surface area (Å²) in [7, 11) is 0. The van der Waals surface area contributed by atoms with Crippen molar-refractivity contribution in [2.75, 3.05) is 11.9 Å². The summed E-state index contributed by atoms with van der Waals surface area (Å²) >= 11 is 6.00. The molecule has 0 fully saturated rings. The van der Waals surface area contributed by atoms with Crippen LogP contribution < -0.4 is 11.1 Å². The zero-order chi connectivity index (χ0) is 18.4. The summed E-state index contributed by atoms with van der Waals surface area (Å²) in [6, 6.07) is 17.7. The van der Waals surface area contributed by atoms with Crippen LogP contribution in [0, 0.1) is 0 Å². The largest absolute Gasteiger partial charge is 0.370 e. The van der Waals surface area contributed by atoms with E-state index in [0.29, 0.717) is 17.5 Å². The number of hydrogen-bond donors (Lipinski definition) is 2. The summed E-state index contributed by atoms with van der Waals surface area (Å²) in [6.07, 6.45) is 4.68. The first-order chi connectivity index (χ1) is 12.7. The fraction of sp³-hybridized carbons (Fsp3) is 0.200. The van der Waals surface area contributed by atoms with Crippen LogP contribution >= 0.6 is 11.6 Å². The lowest BCUT2D eigenvalue weighted by atomic mass is 10.1. The molecule has 1 aromatic heterocycles. The molecule has 0 spiro atoms. The number of anilines is 1. The van der Waals surface area contributed by atoms with Gasteiger partial charge in [0, 0.05) is 23.1 Å². The average Bonchev–Trinajstić information content (AvgIpc) is 3.18. The number of aromatic nitrogens is 2. The molecule has 26 heavy (non-hydrogen) atoms. The van der Waals surface area contributed by atoms with Crippen LogP contribution in [0.1, 0.15) is 24.1 Å². The molecule has 0 amide bonds. The van der Waals surface area contributed by atoms with E-state index in [0.717, 1.165) is 17.7 Å². The number of benzene rings is 2. The number of hydrogen-bond acceptors (Lipinski definition) is 2. The number of halogens is 1. The Bertz CT molecular complexity index is 839. The zero-order valence-electron chi connectivity index (χ0n) is 14.6. The molecule has 6 heteroatoms. The van der Waals surface area contributed by atoms with E-state index in [1.165, 1.54) is 5.56 Å². The quantitative estimate of drug-likeness (QED) is 0.508. The van der Waals surface area contributed by atoms with E-state index in [9.17, 15) is 0 Å². The smallest absolute Gasteiger partial charge is 0.193 e. The van der Waals surface area contributed by atoms with Crippen LogP contribution in [-0.2, 0) is 6.42 Å². The van der Waals surface area contributed by atoms with Gasteiger partial charge in [0.15, 0.2) is 5.96 Å². The molecular weight excluding hydrogens is 346 g/mol. The highest BCUT2D eigenvalue weighted by Crippen LogP contribution is 2.20. The highest BCUT2D eigenvalue weighted by Gasteiger charge is 2.14. The summed E-state index contributed by atoms with van der Waals surface area (Å²) in [6.45, 7) is 2.60. The second kappa shape index (κ2) is 8.54. The van der Waals surface area contributed by atoms with E-state index < -0.39 is 0 Å². The Balaban J connectivity index is 1.73. The van der Waals surface area contributed by atoms with Gasteiger partial charge in [-0.15, -0.1) is 0 Å². The number of nitrogens with one attached hydrogen (secondary N) is 1. The SMILES string of the molecule is CCc1ccc(NC(N)=NCC(c2ccc(Cl)cc2)n2cccn2)cc1. The Morgan fingerprint density at radius 1 is 1.19 bits per heavy atom. The lowest BCUT2D eigenvalue weighted by Crippen LogP contribution is -2.25. The standard InChI is InChI=1S/C20H22ClN5/c1-2-15-4-10-18(11-5-15)25-20(22)23-14-19(26-13-3-12-24-26)16-6-8-17(21)9-7-16/h3-13,19H,2,14H2,1H3,(H3,22,23,25). The van der Waals surface area contributed by atoms with Crippen LogP contribution in [-0.4, -0.2) is 22.3 Å². The summed E-state index contributed by atoms with van der Waals surface area (Å²) in [5.41, 5.74) is 9.35. The Labute approximate surface area is 158 Å². The van der Waals surface area contributed by atoms with Gasteiger partial charge >= 0.3 is 0 Å². The van der Waals surface area contributed by atoms with Crippen LogP contribution in [0.5, 0.6) is 0 Å². The molecule has 134 valence electrons. The van der Waals surface area contributed by atoms with Gasteiger partial charge in [0.1, 0.15) is 0 Å². The van der Waals surface area contributed by atoms with Gasteiger partial charge in [-0.25, -0.2) is 0 Å². The first-order valence-corrected chi connectivity index (χ1v) is 8.94. The fourth-order valence-corrected chi connectivity index (χ4v) is 2.81. The number of rotatable bonds is 6. The molecule has 1 heterocycles. The minimum atomic E-state index is -0.0508. The van der Waals surface area contributed by atoms with Crippen LogP contribution in [0.3, 0.4) is 0 Å². The van der Waals surface area contributed by atoms with E-state index in [1.54, 1.807) is 6.20 Å². The van der Waals surface area contributed by atoms with Crippen LogP contribution in [0.2, 0.25) is 5.02 Å². The topological polar surface area (TPSA) is 68.2 Å². The molecule has 0 aliphatic carbocycles. The molecule has 5 nitrogen and oxygen atoms in total. The van der Waals surface area contributed by atoms with Crippen molar-refractivity contribution in [2.24, 2.45) is 10.7 Å². The highest BCUT2D eigenvalue weighted by molar-refractivity contribution is 6.30. The molecule has 1 unspecified atom stereocenters. The van der Waals surface area contributed by atoms with Crippen molar-refractivity contribution < 1.29 is 0 Å². The van der Waals surface area contributed by atoms with Crippen LogP contribution in [0.4, 0.5) is 5.69 Å². The summed E-state index contributed by atoms with van der Waals surface area (Å²) in [5, 5.41) is 8.18. The monoisotopic (exact) mass is 367 g/mol. The maximum Gasteiger partial charge on any atom is 0.193 e. The molecule has 0 saturated carbocycles. The maximum atomic E-state index is 6.07. The number of guanidine groups is 1. The Hall–Kier alpha value is -2.79. The number of nitrogens with zero attached hydrogens (tertiary/aromatic N) is 3. The molecule has 2 aromatic carbocycles. The third-order valence-electron chi connectivity index (χ3n) is 4.17. The molecule has 1 atom stereocenters. The third-order valence-corrected chi connectivity index (χ3v) is 4.42. The fourth-order valence-electron chi connectivity index (χ4n) is 2.69. The van der Waals surface area contributed by atoms with E-state index in [-0.39, 0.29) is 6.04 Å². The molecule has 0 radical (unpaired) electrons. The van der Waals surface area contributed by atoms with Crippen LogP contribution in [0.15, 0.2) is 72.0 Å². The van der Waals surface area contributed by atoms with Gasteiger partial charge in [0.05, 0.1) is 12.6 Å². The second-order valence-corrected chi connectivity index (χ2v) is 6.39. The van der Waals surface area contributed by atoms with Crippen LogP contribution in [0.25, 0.3) is 0 Å². The summed E-state index contributed by atoms with van der Waals surface area (Å²) in [4.78, 5) is 4.51. The normalized spacial score (nSPS) is 12.8. The van der Waals surface area contributed by atoms with Gasteiger partial charge in [-0.2, -0.15) is 5.10 Å². The predicted octanol–water partition coefficient (Wildman–Crippen LogP) is 4.12. The average molecular weight is 368 g/mol. The number of nitrogens with two attached hydrogens (primary N) is 1. The highest BCUT2D eigenvalue weighted by atomic mass is 35.5. The molecule has 3 rings (SSSR count). The molecule has 0 bridgehead atoms. The van der Waals surface area contributed by atoms with Crippen molar-refractivity contribution in [2.45, 2.75) is 19.4 Å². The van der Waals surface area contributed by atoms with E-state index in [1.807, 2.05) is 53.3 Å². The minimum Gasteiger partial charge on any atom is -0.370 e. The Morgan fingerprint density at radius 2 is 1.92 bits per heavy atom. The van der Waals surface area contributed by atoms with Gasteiger partial charge in [-0.3, -0.25) is 9.67 Å². The zero-order valence-corrected chi connectivity index (χ0v) is 15.4. The lowest BCUT2D eigenvalue weighted by molar-refractivity contribution is 0.533. The van der Waals surface area contributed by atoms with Gasteiger partial charge in [-0.1, -0.05) is 42.8 Å². The minimum absolute atomic E-state index is 0.0508. The first kappa shape index (κ1) is 18.0. The van der Waals surface area contributed by atoms with E-state index in [2.05, 4.69) is 34.5 Å². The van der Waals surface area contributed by atoms with Gasteiger partial charge in [0.25, 0.3) is 0 Å². The molecule has 0 saturated heterocycles. The third kappa shape index (κ3) is 4.64. The van der Waals surface area contributed by atoms with Crippen molar-refractivity contribution in [3.63, 3.8) is 0 Å². The van der Waals surface area contributed by atoms with Gasteiger partial charge in [-0.05, 0) is 47.9 Å². The second-order valence-electron chi connectivity index (χ2n) is 5.95. The molecule has 3 aromatic rings. The Morgan fingerprint density at radius 3 is 2.54 bits per heavy atom. The predicted molar refractivity (Wildman–Crippen MR) is 108 cm³/mol. The van der Waals surface area contributed by atoms with E-state index in [4.69, 9.17) is 17.3 Å². The first-order valence-electron chi connectivity index (χ1n) is 8.56. The summed E-state index contributed by atoms with van der Waals surface area (Å²) < 4.78 is 1.87. The molecular formula is C20H22ClN5. The number of aliphatic imine (C=N–C) groups is 1. The Kier molecular flexibility index (Phi) is 5.92. The van der Waals surface area contributed by atoms with Crippen molar-refractivity contribution in [3.8, 4) is 0 Å². The van der Waals surface area contributed by atoms with Crippen molar-refractivity contribution in [1.82, 2.24) is 9.78 Å². The van der Waals surface area contributed by atoms with Gasteiger partial charge < -0.3 is 11.1 Å². The number of aryl methyl sites for hydroxylation is 1. The maximum absolute atomic E-state index is 6.07.